The van der Waals surface area contributed by atoms with E-state index in [0.717, 1.165) is 27.0 Å². The Morgan fingerprint density at radius 3 is 2.71 bits per heavy atom. The number of hydrogen-bond donors (Lipinski definition) is 1. The van der Waals surface area contributed by atoms with E-state index in [1.807, 2.05) is 46.7 Å². The van der Waals surface area contributed by atoms with Gasteiger partial charge in [-0.05, 0) is 42.5 Å². The summed E-state index contributed by atoms with van der Waals surface area (Å²) >= 11 is 3.20. The SMILES string of the molecule is Cc1ccc(CSC2=Nc3ccccc3C3=NC(=O)C(CCC(=O)NCc4cccs4)N23)cc1. The standard InChI is InChI=1S/C26H24N4O2S2/c1-17-8-10-18(11-9-17)16-34-26-28-21-7-3-2-6-20(21)24-29-25(32)22(30(24)26)12-13-23(31)27-15-19-5-4-14-33-19/h2-11,14,22H,12-13,15-16H2,1H3,(H,27,31). The second-order valence-corrected chi connectivity index (χ2v) is 10.2. The zero-order chi connectivity index (χ0) is 23.5. The predicted molar refractivity (Wildman–Crippen MR) is 139 cm³/mol. The monoisotopic (exact) mass is 488 g/mol. The van der Waals surface area contributed by atoms with Gasteiger partial charge in [-0.25, -0.2) is 4.99 Å². The summed E-state index contributed by atoms with van der Waals surface area (Å²) in [6.45, 7) is 2.58. The van der Waals surface area contributed by atoms with Crippen molar-refractivity contribution < 1.29 is 9.59 Å². The summed E-state index contributed by atoms with van der Waals surface area (Å²) in [5.74, 6) is 1.07. The molecule has 3 heterocycles. The Kier molecular flexibility index (Phi) is 6.60. The van der Waals surface area contributed by atoms with E-state index in [0.29, 0.717) is 18.8 Å². The highest BCUT2D eigenvalue weighted by molar-refractivity contribution is 8.13. The number of thiophene rings is 1. The maximum atomic E-state index is 12.9. The molecular formula is C26H24N4O2S2. The quantitative estimate of drug-likeness (QED) is 0.505. The smallest absolute Gasteiger partial charge is 0.270 e. The number of para-hydroxylation sites is 1. The van der Waals surface area contributed by atoms with Crippen LogP contribution in [0, 0.1) is 6.92 Å². The highest BCUT2D eigenvalue weighted by atomic mass is 32.2. The first-order chi connectivity index (χ1) is 16.6. The van der Waals surface area contributed by atoms with Gasteiger partial charge in [0.2, 0.25) is 5.91 Å². The fraction of sp³-hybridized carbons (Fsp3) is 0.231. The average molecular weight is 489 g/mol. The van der Waals surface area contributed by atoms with Gasteiger partial charge in [-0.15, -0.1) is 11.3 Å². The third-order valence-electron chi connectivity index (χ3n) is 5.78. The maximum Gasteiger partial charge on any atom is 0.270 e. The Morgan fingerprint density at radius 1 is 1.09 bits per heavy atom. The Hall–Kier alpha value is -3.23. The number of amidine groups is 2. The average Bonchev–Trinajstić information content (AvgIpc) is 3.48. The van der Waals surface area contributed by atoms with Gasteiger partial charge in [0, 0.05) is 22.6 Å². The number of nitrogens with zero attached hydrogens (tertiary/aromatic N) is 3. The lowest BCUT2D eigenvalue weighted by Gasteiger charge is -2.31. The Labute approximate surface area is 206 Å². The van der Waals surface area contributed by atoms with Gasteiger partial charge in [-0.1, -0.05) is 59.8 Å². The predicted octanol–water partition coefficient (Wildman–Crippen LogP) is 5.05. The molecule has 0 saturated heterocycles. The first-order valence-electron chi connectivity index (χ1n) is 11.2. The number of nitrogens with one attached hydrogen (secondary N) is 1. The molecule has 0 aliphatic carbocycles. The summed E-state index contributed by atoms with van der Waals surface area (Å²) in [7, 11) is 0. The number of fused-ring (bicyclic) bond motifs is 3. The molecule has 1 atom stereocenters. The van der Waals surface area contributed by atoms with Crippen molar-refractivity contribution in [2.24, 2.45) is 9.98 Å². The summed E-state index contributed by atoms with van der Waals surface area (Å²) in [4.78, 5) is 37.7. The van der Waals surface area contributed by atoms with Gasteiger partial charge in [0.25, 0.3) is 5.91 Å². The maximum absolute atomic E-state index is 12.9. The lowest BCUT2D eigenvalue weighted by atomic mass is 10.1. The van der Waals surface area contributed by atoms with E-state index >= 15 is 0 Å². The molecule has 1 N–H and O–H groups in total. The van der Waals surface area contributed by atoms with Crippen LogP contribution in [0.1, 0.15) is 34.4 Å². The van der Waals surface area contributed by atoms with Crippen molar-refractivity contribution in [3.05, 3.63) is 87.6 Å². The number of aryl methyl sites for hydroxylation is 1. The van der Waals surface area contributed by atoms with E-state index in [9.17, 15) is 9.59 Å². The zero-order valence-corrected chi connectivity index (χ0v) is 20.4. The van der Waals surface area contributed by atoms with Crippen molar-refractivity contribution in [3.63, 3.8) is 0 Å². The number of aliphatic imine (C=N–C) groups is 2. The first kappa shape index (κ1) is 22.6. The molecule has 2 aromatic carbocycles. The molecule has 2 aliphatic rings. The molecule has 2 amide bonds. The largest absolute Gasteiger partial charge is 0.351 e. The lowest BCUT2D eigenvalue weighted by molar-refractivity contribution is -0.122. The fourth-order valence-corrected chi connectivity index (χ4v) is 5.61. The third kappa shape index (κ3) is 4.83. The summed E-state index contributed by atoms with van der Waals surface area (Å²) in [6.07, 6.45) is 0.632. The number of thioether (sulfide) groups is 1. The van der Waals surface area contributed by atoms with Crippen LogP contribution in [0.4, 0.5) is 5.69 Å². The van der Waals surface area contributed by atoms with Crippen molar-refractivity contribution in [2.45, 2.75) is 38.1 Å². The third-order valence-corrected chi connectivity index (χ3v) is 7.68. The van der Waals surface area contributed by atoms with Gasteiger partial charge >= 0.3 is 0 Å². The number of hydrogen-bond acceptors (Lipinski definition) is 6. The number of rotatable bonds is 7. The van der Waals surface area contributed by atoms with Crippen LogP contribution >= 0.6 is 23.1 Å². The highest BCUT2D eigenvalue weighted by Crippen LogP contribution is 2.36. The topological polar surface area (TPSA) is 74.1 Å². The summed E-state index contributed by atoms with van der Waals surface area (Å²) in [5.41, 5.74) is 4.06. The normalized spacial score (nSPS) is 16.6. The molecule has 2 aliphatic heterocycles. The van der Waals surface area contributed by atoms with E-state index in [-0.39, 0.29) is 18.2 Å². The molecule has 5 rings (SSSR count). The minimum Gasteiger partial charge on any atom is -0.351 e. The van der Waals surface area contributed by atoms with Crippen LogP contribution in [0.2, 0.25) is 0 Å². The molecule has 0 saturated carbocycles. The van der Waals surface area contributed by atoms with Crippen LogP contribution in [0.15, 0.2) is 76.0 Å². The molecule has 8 heteroatoms. The van der Waals surface area contributed by atoms with Crippen LogP contribution < -0.4 is 5.32 Å². The minimum atomic E-state index is -0.528. The lowest BCUT2D eigenvalue weighted by Crippen LogP contribution is -2.44. The molecule has 0 bridgehead atoms. The fourth-order valence-electron chi connectivity index (χ4n) is 3.96. The van der Waals surface area contributed by atoms with E-state index in [2.05, 4.69) is 41.5 Å². The molecule has 172 valence electrons. The molecule has 0 fully saturated rings. The molecule has 0 radical (unpaired) electrons. The Bertz CT molecular complexity index is 1270. The molecule has 3 aromatic rings. The number of amides is 2. The minimum absolute atomic E-state index is 0.0714. The van der Waals surface area contributed by atoms with Gasteiger partial charge < -0.3 is 5.32 Å². The van der Waals surface area contributed by atoms with Crippen molar-refractivity contribution >= 4 is 51.6 Å². The van der Waals surface area contributed by atoms with Crippen LogP contribution in [0.25, 0.3) is 0 Å². The molecule has 34 heavy (non-hydrogen) atoms. The summed E-state index contributed by atoms with van der Waals surface area (Å²) < 4.78 is 0. The van der Waals surface area contributed by atoms with Crippen LogP contribution in [-0.2, 0) is 21.9 Å². The molecule has 0 spiro atoms. The second kappa shape index (κ2) is 9.95. The number of carbonyl (C=O) groups excluding carboxylic acids is 2. The molecular weight excluding hydrogens is 464 g/mol. The van der Waals surface area contributed by atoms with Gasteiger partial charge in [0.15, 0.2) is 5.17 Å². The Balaban J connectivity index is 1.32. The van der Waals surface area contributed by atoms with E-state index in [1.165, 1.54) is 11.1 Å². The van der Waals surface area contributed by atoms with Gasteiger partial charge in [-0.2, -0.15) is 4.99 Å². The van der Waals surface area contributed by atoms with Crippen molar-refractivity contribution in [3.8, 4) is 0 Å². The Morgan fingerprint density at radius 2 is 1.91 bits per heavy atom. The van der Waals surface area contributed by atoms with Crippen molar-refractivity contribution in [1.29, 1.82) is 0 Å². The molecule has 6 nitrogen and oxygen atoms in total. The second-order valence-electron chi connectivity index (χ2n) is 8.24. The van der Waals surface area contributed by atoms with E-state index in [4.69, 9.17) is 4.99 Å². The number of benzene rings is 2. The molecule has 1 aromatic heterocycles. The first-order valence-corrected chi connectivity index (χ1v) is 13.0. The van der Waals surface area contributed by atoms with E-state index in [1.54, 1.807) is 23.1 Å². The van der Waals surface area contributed by atoms with Crippen molar-refractivity contribution in [2.75, 3.05) is 0 Å². The van der Waals surface area contributed by atoms with Gasteiger partial charge in [0.1, 0.15) is 11.9 Å². The molecule has 1 unspecified atom stereocenters. The van der Waals surface area contributed by atoms with Crippen molar-refractivity contribution in [1.82, 2.24) is 10.2 Å². The van der Waals surface area contributed by atoms with Crippen LogP contribution in [-0.4, -0.2) is 33.8 Å². The zero-order valence-electron chi connectivity index (χ0n) is 18.7. The van der Waals surface area contributed by atoms with Crippen LogP contribution in [0.3, 0.4) is 0 Å². The number of carbonyl (C=O) groups is 2. The summed E-state index contributed by atoms with van der Waals surface area (Å²) in [5, 5.41) is 5.67. The summed E-state index contributed by atoms with van der Waals surface area (Å²) in [6, 6.07) is 19.6. The van der Waals surface area contributed by atoms with E-state index < -0.39 is 6.04 Å². The van der Waals surface area contributed by atoms with Gasteiger partial charge in [-0.3, -0.25) is 14.5 Å². The van der Waals surface area contributed by atoms with Gasteiger partial charge in [0.05, 0.1) is 12.2 Å². The highest BCUT2D eigenvalue weighted by Gasteiger charge is 2.41. The van der Waals surface area contributed by atoms with Crippen LogP contribution in [0.5, 0.6) is 0 Å².